The molecule has 50 heavy (non-hydrogen) atoms. The maximum atomic E-state index is 11.9. The Morgan fingerprint density at radius 2 is 0.840 bits per heavy atom. The highest BCUT2D eigenvalue weighted by Crippen LogP contribution is 2.48. The highest BCUT2D eigenvalue weighted by Gasteiger charge is 2.38. The summed E-state index contributed by atoms with van der Waals surface area (Å²) >= 11 is 0. The molecule has 2 aliphatic heterocycles. The van der Waals surface area contributed by atoms with Crippen molar-refractivity contribution in [2.75, 3.05) is 13.1 Å². The molecule has 0 aromatic carbocycles. The van der Waals surface area contributed by atoms with E-state index >= 15 is 0 Å². The molecule has 5 unspecified atom stereocenters. The van der Waals surface area contributed by atoms with Crippen molar-refractivity contribution < 1.29 is 19.2 Å². The van der Waals surface area contributed by atoms with Crippen molar-refractivity contribution in [2.24, 2.45) is 29.6 Å². The molecule has 0 bridgehead atoms. The summed E-state index contributed by atoms with van der Waals surface area (Å²) in [6, 6.07) is 0. The van der Waals surface area contributed by atoms with Crippen LogP contribution in [0, 0.1) is 29.6 Å². The largest absolute Gasteiger partial charge is 0.275 e. The summed E-state index contributed by atoms with van der Waals surface area (Å²) in [5, 5.41) is 0. The van der Waals surface area contributed by atoms with Gasteiger partial charge in [0, 0.05) is 37.4 Å². The number of hydrogen-bond donors (Lipinski definition) is 0. The van der Waals surface area contributed by atoms with E-state index in [1.165, 1.54) is 175 Å². The molecule has 0 spiro atoms. The number of rotatable bonds is 29. The molecule has 0 N–H and O–H groups in total. The summed E-state index contributed by atoms with van der Waals surface area (Å²) in [7, 11) is 0. The van der Waals surface area contributed by atoms with E-state index in [2.05, 4.69) is 20.8 Å². The zero-order chi connectivity index (χ0) is 36.0. The Kier molecular flexibility index (Phi) is 21.0. The van der Waals surface area contributed by atoms with Gasteiger partial charge in [0.2, 0.25) is 0 Å². The third kappa shape index (κ3) is 15.2. The van der Waals surface area contributed by atoms with Crippen LogP contribution in [0.4, 0.5) is 0 Å². The second kappa shape index (κ2) is 24.9. The summed E-state index contributed by atoms with van der Waals surface area (Å²) in [5.41, 5.74) is 0. The average Bonchev–Trinajstić information content (AvgIpc) is 3.61. The monoisotopic (exact) mass is 695 g/mol. The Morgan fingerprint density at radius 1 is 0.480 bits per heavy atom. The second-order valence-corrected chi connectivity index (χ2v) is 16.2. The molecule has 6 heteroatoms. The minimum atomic E-state index is -0.157. The van der Waals surface area contributed by atoms with E-state index in [4.69, 9.17) is 0 Å². The van der Waals surface area contributed by atoms with E-state index in [0.29, 0.717) is 13.1 Å². The summed E-state index contributed by atoms with van der Waals surface area (Å²) in [5.74, 6) is 3.71. The molecule has 1 aliphatic carbocycles. The summed E-state index contributed by atoms with van der Waals surface area (Å²) in [6.07, 6.45) is 39.2. The highest BCUT2D eigenvalue weighted by atomic mass is 16.2. The van der Waals surface area contributed by atoms with Crippen LogP contribution in [0.15, 0.2) is 24.3 Å². The minimum absolute atomic E-state index is 0.155. The van der Waals surface area contributed by atoms with Crippen LogP contribution in [-0.2, 0) is 19.2 Å². The fourth-order valence-corrected chi connectivity index (χ4v) is 9.24. The van der Waals surface area contributed by atoms with E-state index in [-0.39, 0.29) is 23.6 Å². The first-order valence-corrected chi connectivity index (χ1v) is 21.4. The van der Waals surface area contributed by atoms with Gasteiger partial charge in [0.05, 0.1) is 0 Å². The van der Waals surface area contributed by atoms with Gasteiger partial charge in [0.15, 0.2) is 0 Å². The Morgan fingerprint density at radius 3 is 1.30 bits per heavy atom. The van der Waals surface area contributed by atoms with Crippen LogP contribution < -0.4 is 0 Å². The van der Waals surface area contributed by atoms with Crippen molar-refractivity contribution in [1.29, 1.82) is 0 Å². The molecule has 3 rings (SSSR count). The molecule has 3 aliphatic rings. The lowest BCUT2D eigenvalue weighted by Crippen LogP contribution is -2.35. The smallest absolute Gasteiger partial charge is 0.253 e. The first-order chi connectivity index (χ1) is 24.3. The standard InChI is InChI=1S/C44H74N2O4/c1-4-6-8-9-13-21-27-39-34-37(25-19-14-10-11-16-22-32-45-41(47)28-29-42(45)48)38(35-40(39)36(3)24-18-7-5-2)26-20-15-12-17-23-33-46-43(49)30-31-44(46)50/h28-31,36-40H,4-27,32-35H2,1-3H3. The minimum Gasteiger partial charge on any atom is -0.275 e. The van der Waals surface area contributed by atoms with Crippen molar-refractivity contribution in [3.63, 3.8) is 0 Å². The number of amides is 4. The molecule has 6 nitrogen and oxygen atoms in total. The third-order valence-electron chi connectivity index (χ3n) is 12.3. The SMILES string of the molecule is CCCCCCCCC1CC(CCCCCCCCN2C(=O)C=CC2=O)C(CCCCCCCN2C(=O)C=CC2=O)CC1C(C)CCCCC. The fraction of sp³-hybridized carbons (Fsp3) is 0.818. The first kappa shape index (κ1) is 42.2. The van der Waals surface area contributed by atoms with E-state index in [9.17, 15) is 19.2 Å². The van der Waals surface area contributed by atoms with Gasteiger partial charge in [0.1, 0.15) is 0 Å². The summed E-state index contributed by atoms with van der Waals surface area (Å²) < 4.78 is 0. The van der Waals surface area contributed by atoms with Gasteiger partial charge in [-0.05, 0) is 55.3 Å². The second-order valence-electron chi connectivity index (χ2n) is 16.2. The Bertz CT molecular complexity index is 1030. The van der Waals surface area contributed by atoms with Crippen LogP contribution in [0.1, 0.15) is 188 Å². The van der Waals surface area contributed by atoms with Crippen molar-refractivity contribution >= 4 is 23.6 Å². The van der Waals surface area contributed by atoms with Crippen LogP contribution in [0.3, 0.4) is 0 Å². The number of nitrogens with zero attached hydrogens (tertiary/aromatic N) is 2. The lowest BCUT2D eigenvalue weighted by atomic mass is 9.61. The van der Waals surface area contributed by atoms with Gasteiger partial charge in [-0.1, -0.05) is 162 Å². The zero-order valence-corrected chi connectivity index (χ0v) is 32.5. The number of unbranched alkanes of at least 4 members (excludes halogenated alkanes) is 16. The maximum absolute atomic E-state index is 11.9. The van der Waals surface area contributed by atoms with Gasteiger partial charge in [-0.25, -0.2) is 0 Å². The van der Waals surface area contributed by atoms with Crippen LogP contribution in [0.2, 0.25) is 0 Å². The lowest BCUT2D eigenvalue weighted by Gasteiger charge is -2.45. The quantitative estimate of drug-likeness (QED) is 0.0577. The number of hydrogen-bond acceptors (Lipinski definition) is 4. The molecule has 0 saturated heterocycles. The third-order valence-corrected chi connectivity index (χ3v) is 12.3. The van der Waals surface area contributed by atoms with Gasteiger partial charge < -0.3 is 0 Å². The first-order valence-electron chi connectivity index (χ1n) is 21.4. The molecule has 0 aromatic heterocycles. The molecule has 0 radical (unpaired) electrons. The molecule has 2 heterocycles. The number of carbonyl (C=O) groups is 4. The highest BCUT2D eigenvalue weighted by molar-refractivity contribution is 6.13. The Balaban J connectivity index is 1.47. The van der Waals surface area contributed by atoms with Gasteiger partial charge in [-0.3, -0.25) is 29.0 Å². The number of carbonyl (C=O) groups excluding carboxylic acids is 4. The Hall–Kier alpha value is -2.24. The molecule has 1 saturated carbocycles. The average molecular weight is 695 g/mol. The Labute approximate surface area is 306 Å². The predicted molar refractivity (Wildman–Crippen MR) is 206 cm³/mol. The predicted octanol–water partition coefficient (Wildman–Crippen LogP) is 11.1. The van der Waals surface area contributed by atoms with Crippen LogP contribution in [0.25, 0.3) is 0 Å². The molecule has 4 amide bonds. The van der Waals surface area contributed by atoms with Gasteiger partial charge in [0.25, 0.3) is 23.6 Å². The fourth-order valence-electron chi connectivity index (χ4n) is 9.24. The molecular weight excluding hydrogens is 620 g/mol. The van der Waals surface area contributed by atoms with E-state index in [1.807, 2.05) is 0 Å². The maximum Gasteiger partial charge on any atom is 0.253 e. The van der Waals surface area contributed by atoms with Crippen molar-refractivity contribution in [2.45, 2.75) is 188 Å². The van der Waals surface area contributed by atoms with Crippen molar-refractivity contribution in [3.8, 4) is 0 Å². The summed E-state index contributed by atoms with van der Waals surface area (Å²) in [6.45, 7) is 8.34. The van der Waals surface area contributed by atoms with Crippen LogP contribution in [0.5, 0.6) is 0 Å². The van der Waals surface area contributed by atoms with E-state index < -0.39 is 0 Å². The molecule has 284 valence electrons. The van der Waals surface area contributed by atoms with Crippen molar-refractivity contribution in [1.82, 2.24) is 9.80 Å². The topological polar surface area (TPSA) is 74.8 Å². The number of imide groups is 2. The normalized spacial score (nSPS) is 22.9. The molecule has 5 atom stereocenters. The van der Waals surface area contributed by atoms with Gasteiger partial charge >= 0.3 is 0 Å². The zero-order valence-electron chi connectivity index (χ0n) is 32.5. The lowest BCUT2D eigenvalue weighted by molar-refractivity contribution is -0.138. The molecule has 0 aromatic rings. The van der Waals surface area contributed by atoms with Crippen LogP contribution >= 0.6 is 0 Å². The molecule has 1 fully saturated rings. The van der Waals surface area contributed by atoms with E-state index in [0.717, 1.165) is 55.3 Å². The summed E-state index contributed by atoms with van der Waals surface area (Å²) in [4.78, 5) is 50.1. The molecular formula is C44H74N2O4. The van der Waals surface area contributed by atoms with Gasteiger partial charge in [-0.2, -0.15) is 0 Å². The van der Waals surface area contributed by atoms with Crippen LogP contribution in [-0.4, -0.2) is 46.5 Å². The van der Waals surface area contributed by atoms with Crippen molar-refractivity contribution in [3.05, 3.63) is 24.3 Å². The van der Waals surface area contributed by atoms with Gasteiger partial charge in [-0.15, -0.1) is 0 Å². The van der Waals surface area contributed by atoms with E-state index in [1.54, 1.807) is 0 Å².